The van der Waals surface area contributed by atoms with Crippen molar-refractivity contribution in [1.82, 2.24) is 10.4 Å². The summed E-state index contributed by atoms with van der Waals surface area (Å²) in [6.07, 6.45) is 2.30. The highest BCUT2D eigenvalue weighted by Gasteiger charge is 2.26. The second-order valence-electron chi connectivity index (χ2n) is 7.80. The number of amides is 1. The smallest absolute Gasteiger partial charge is 0.267 e. The number of aromatic nitrogens is 1. The zero-order valence-electron chi connectivity index (χ0n) is 16.6. The molecule has 28 heavy (non-hydrogen) atoms. The van der Waals surface area contributed by atoms with Gasteiger partial charge in [-0.2, -0.15) is 5.10 Å². The van der Waals surface area contributed by atoms with Crippen LogP contribution in [0.15, 0.2) is 59.7 Å². The first kappa shape index (κ1) is 18.4. The Morgan fingerprint density at radius 1 is 1.11 bits per heavy atom. The summed E-state index contributed by atoms with van der Waals surface area (Å²) in [5.41, 5.74) is 8.32. The molecule has 4 rings (SSSR count). The van der Waals surface area contributed by atoms with Crippen molar-refractivity contribution in [3.63, 3.8) is 0 Å². The van der Waals surface area contributed by atoms with Crippen molar-refractivity contribution in [2.24, 2.45) is 5.10 Å². The van der Waals surface area contributed by atoms with Crippen LogP contribution in [0.25, 0.3) is 10.9 Å². The normalized spacial score (nSPS) is 14.5. The summed E-state index contributed by atoms with van der Waals surface area (Å²) in [6.45, 7) is 6.25. The zero-order valence-corrected chi connectivity index (χ0v) is 16.6. The fourth-order valence-electron chi connectivity index (χ4n) is 3.34. The van der Waals surface area contributed by atoms with E-state index in [1.54, 1.807) is 0 Å². The number of benzene rings is 2. The monoisotopic (exact) mass is 371 g/mol. The summed E-state index contributed by atoms with van der Waals surface area (Å²) >= 11 is 0. The van der Waals surface area contributed by atoms with Gasteiger partial charge in [0, 0.05) is 17.0 Å². The molecule has 0 spiro atoms. The van der Waals surface area contributed by atoms with Crippen LogP contribution in [-0.4, -0.2) is 16.6 Å². The van der Waals surface area contributed by atoms with E-state index in [-0.39, 0.29) is 5.91 Å². The van der Waals surface area contributed by atoms with Crippen molar-refractivity contribution < 1.29 is 4.79 Å². The Balaban J connectivity index is 1.58. The van der Waals surface area contributed by atoms with Crippen molar-refractivity contribution in [2.45, 2.75) is 45.4 Å². The van der Waals surface area contributed by atoms with Crippen LogP contribution in [0.5, 0.6) is 0 Å². The van der Waals surface area contributed by atoms with Crippen molar-refractivity contribution >= 4 is 22.5 Å². The van der Waals surface area contributed by atoms with Gasteiger partial charge in [-0.05, 0) is 48.9 Å². The number of hydrazone groups is 1. The molecule has 1 amide bonds. The summed E-state index contributed by atoms with van der Waals surface area (Å²) in [5, 5.41) is 5.20. The van der Waals surface area contributed by atoms with Crippen molar-refractivity contribution in [1.29, 1.82) is 0 Å². The van der Waals surface area contributed by atoms with Gasteiger partial charge in [0.25, 0.3) is 5.91 Å². The number of carbonyl (C=O) groups is 1. The molecule has 0 atom stereocenters. The Morgan fingerprint density at radius 3 is 2.50 bits per heavy atom. The number of fused-ring (bicyclic) bond motifs is 1. The van der Waals surface area contributed by atoms with Crippen LogP contribution < -0.4 is 5.43 Å². The van der Waals surface area contributed by atoms with Gasteiger partial charge in [-0.3, -0.25) is 9.78 Å². The first-order valence-electron chi connectivity index (χ1n) is 9.87. The minimum Gasteiger partial charge on any atom is -0.267 e. The number of para-hydroxylation sites is 1. The topological polar surface area (TPSA) is 54.4 Å². The number of nitrogens with zero attached hydrogens (tertiary/aromatic N) is 2. The third-order valence-corrected chi connectivity index (χ3v) is 5.30. The number of pyridine rings is 1. The van der Waals surface area contributed by atoms with E-state index in [4.69, 9.17) is 4.98 Å². The molecule has 142 valence electrons. The molecule has 0 saturated heterocycles. The molecule has 0 unspecified atom stereocenters. The van der Waals surface area contributed by atoms with Gasteiger partial charge in [0.2, 0.25) is 0 Å². The van der Waals surface area contributed by atoms with E-state index in [2.05, 4.69) is 36.5 Å². The van der Waals surface area contributed by atoms with E-state index >= 15 is 0 Å². The van der Waals surface area contributed by atoms with Gasteiger partial charge in [0.05, 0.1) is 16.8 Å². The molecule has 1 fully saturated rings. The fourth-order valence-corrected chi connectivity index (χ4v) is 3.34. The molecule has 1 aliphatic rings. The second-order valence-corrected chi connectivity index (χ2v) is 7.80. The second kappa shape index (κ2) is 7.55. The van der Waals surface area contributed by atoms with Crippen LogP contribution in [0.2, 0.25) is 0 Å². The third kappa shape index (κ3) is 3.81. The van der Waals surface area contributed by atoms with Gasteiger partial charge in [0.1, 0.15) is 0 Å². The molecule has 3 aromatic rings. The Bertz CT molecular complexity index is 1050. The maximum Gasteiger partial charge on any atom is 0.272 e. The lowest BCUT2D eigenvalue weighted by Gasteiger charge is -2.09. The van der Waals surface area contributed by atoms with Crippen LogP contribution in [0.3, 0.4) is 0 Å². The lowest BCUT2D eigenvalue weighted by atomic mass is 10.0. The molecule has 1 saturated carbocycles. The average molecular weight is 371 g/mol. The molecule has 1 aliphatic carbocycles. The number of hydrogen-bond donors (Lipinski definition) is 1. The summed E-state index contributed by atoms with van der Waals surface area (Å²) in [7, 11) is 0. The quantitative estimate of drug-likeness (QED) is 0.483. The van der Waals surface area contributed by atoms with Crippen LogP contribution in [0, 0.1) is 0 Å². The molecule has 1 heterocycles. The molecular weight excluding hydrogens is 346 g/mol. The summed E-state index contributed by atoms with van der Waals surface area (Å²) in [6, 6.07) is 18.0. The lowest BCUT2D eigenvalue weighted by molar-refractivity contribution is 0.0956. The molecule has 4 heteroatoms. The predicted octanol–water partition coefficient (Wildman–Crippen LogP) is 5.39. The number of hydrogen-bond acceptors (Lipinski definition) is 3. The summed E-state index contributed by atoms with van der Waals surface area (Å²) < 4.78 is 0. The number of nitrogens with one attached hydrogen (secondary N) is 1. The molecule has 0 aliphatic heterocycles. The number of rotatable bonds is 5. The highest BCUT2D eigenvalue weighted by molar-refractivity contribution is 6.07. The average Bonchev–Trinajstić information content (AvgIpc) is 3.56. The molecule has 4 nitrogen and oxygen atoms in total. The largest absolute Gasteiger partial charge is 0.272 e. The number of carbonyl (C=O) groups excluding carboxylic acids is 1. The van der Waals surface area contributed by atoms with E-state index in [0.29, 0.717) is 17.4 Å². The minimum absolute atomic E-state index is 0.196. The maximum atomic E-state index is 12.9. The molecule has 2 aromatic carbocycles. The molecule has 0 bridgehead atoms. The zero-order chi connectivity index (χ0) is 19.7. The highest BCUT2D eigenvalue weighted by atomic mass is 16.2. The molecule has 1 aromatic heterocycles. The molecular formula is C24H25N3O. The van der Waals surface area contributed by atoms with Gasteiger partial charge in [-0.1, -0.05) is 56.3 Å². The van der Waals surface area contributed by atoms with E-state index in [1.807, 2.05) is 49.4 Å². The standard InChI is InChI=1S/C24H25N3O/c1-15(2)17-8-10-18(11-9-17)16(3)26-27-24(28)21-14-23(19-12-13-19)25-22-7-5-4-6-20(21)22/h4-11,14-15,19H,12-13H2,1-3H3,(H,27,28). The van der Waals surface area contributed by atoms with E-state index < -0.39 is 0 Å². The first-order valence-corrected chi connectivity index (χ1v) is 9.87. The van der Waals surface area contributed by atoms with Gasteiger partial charge in [0.15, 0.2) is 0 Å². The minimum atomic E-state index is -0.196. The van der Waals surface area contributed by atoms with Gasteiger partial charge >= 0.3 is 0 Å². The Kier molecular flexibility index (Phi) is 4.95. The SMILES string of the molecule is CC(=NNC(=O)c1cc(C2CC2)nc2ccccc12)c1ccc(C(C)C)cc1. The molecule has 0 radical (unpaired) electrons. The van der Waals surface area contributed by atoms with Gasteiger partial charge in [-0.25, -0.2) is 5.43 Å². The van der Waals surface area contributed by atoms with Crippen LogP contribution in [-0.2, 0) is 0 Å². The highest BCUT2D eigenvalue weighted by Crippen LogP contribution is 2.40. The Labute approximate surface area is 165 Å². The van der Waals surface area contributed by atoms with E-state index in [9.17, 15) is 4.79 Å². The van der Waals surface area contributed by atoms with E-state index in [1.165, 1.54) is 5.56 Å². The van der Waals surface area contributed by atoms with Crippen LogP contribution in [0.4, 0.5) is 0 Å². The van der Waals surface area contributed by atoms with E-state index in [0.717, 1.165) is 40.7 Å². The van der Waals surface area contributed by atoms with Crippen LogP contribution >= 0.6 is 0 Å². The Morgan fingerprint density at radius 2 is 1.82 bits per heavy atom. The maximum absolute atomic E-state index is 12.9. The van der Waals surface area contributed by atoms with Crippen molar-refractivity contribution in [2.75, 3.05) is 0 Å². The summed E-state index contributed by atoms with van der Waals surface area (Å²) in [4.78, 5) is 17.6. The Hall–Kier alpha value is -3.01. The van der Waals surface area contributed by atoms with Crippen molar-refractivity contribution in [3.05, 3.63) is 77.0 Å². The van der Waals surface area contributed by atoms with Crippen LogP contribution in [0.1, 0.15) is 72.6 Å². The predicted molar refractivity (Wildman–Crippen MR) is 114 cm³/mol. The first-order chi connectivity index (χ1) is 13.5. The van der Waals surface area contributed by atoms with Crippen molar-refractivity contribution in [3.8, 4) is 0 Å². The van der Waals surface area contributed by atoms with Gasteiger partial charge in [-0.15, -0.1) is 0 Å². The third-order valence-electron chi connectivity index (χ3n) is 5.30. The van der Waals surface area contributed by atoms with Gasteiger partial charge < -0.3 is 0 Å². The summed E-state index contributed by atoms with van der Waals surface area (Å²) in [5.74, 6) is 0.783. The fraction of sp³-hybridized carbons (Fsp3) is 0.292. The lowest BCUT2D eigenvalue weighted by Crippen LogP contribution is -2.20. The molecule has 1 N–H and O–H groups in total.